The van der Waals surface area contributed by atoms with Crippen LogP contribution in [0.2, 0.25) is 0 Å². The Balaban J connectivity index is 1.54. The Kier molecular flexibility index (Phi) is 3.87. The Morgan fingerprint density at radius 3 is 2.37 bits per heavy atom. The molecule has 0 atom stereocenters. The standard InChI is InChI=1S/C16H24N2O/c17-16(7-1-8-16)15-4-2-14(3-5-15)6-9-18-10-12-19-13-11-18/h2-5H,1,6-13,17H2. The van der Waals surface area contributed by atoms with Gasteiger partial charge in [0.25, 0.3) is 0 Å². The SMILES string of the molecule is NC1(c2ccc(CCN3CCOCC3)cc2)CCC1. The largest absolute Gasteiger partial charge is 0.379 e. The van der Waals surface area contributed by atoms with Crippen molar-refractivity contribution in [3.05, 3.63) is 35.4 Å². The zero-order chi connectivity index (χ0) is 13.1. The molecule has 104 valence electrons. The van der Waals surface area contributed by atoms with Crippen LogP contribution in [-0.4, -0.2) is 37.7 Å². The van der Waals surface area contributed by atoms with Crippen molar-refractivity contribution in [3.8, 4) is 0 Å². The molecule has 0 bridgehead atoms. The van der Waals surface area contributed by atoms with Gasteiger partial charge in [0.2, 0.25) is 0 Å². The van der Waals surface area contributed by atoms with Gasteiger partial charge in [-0.15, -0.1) is 0 Å². The van der Waals surface area contributed by atoms with Crippen molar-refractivity contribution in [3.63, 3.8) is 0 Å². The normalized spacial score (nSPS) is 23.0. The molecule has 0 unspecified atom stereocenters. The van der Waals surface area contributed by atoms with Crippen molar-refractivity contribution in [2.45, 2.75) is 31.2 Å². The first-order chi connectivity index (χ1) is 9.26. The van der Waals surface area contributed by atoms with E-state index >= 15 is 0 Å². The molecule has 1 heterocycles. The monoisotopic (exact) mass is 260 g/mol. The van der Waals surface area contributed by atoms with Crippen molar-refractivity contribution >= 4 is 0 Å². The molecule has 1 saturated carbocycles. The second-order valence-corrected chi connectivity index (χ2v) is 5.91. The number of ether oxygens (including phenoxy) is 1. The summed E-state index contributed by atoms with van der Waals surface area (Å²) in [5.41, 5.74) is 9.05. The van der Waals surface area contributed by atoms with Crippen LogP contribution in [0.15, 0.2) is 24.3 Å². The molecule has 1 saturated heterocycles. The molecule has 2 aliphatic rings. The second kappa shape index (κ2) is 5.61. The first-order valence-electron chi connectivity index (χ1n) is 7.45. The number of rotatable bonds is 4. The third-order valence-corrected chi connectivity index (χ3v) is 4.60. The quantitative estimate of drug-likeness (QED) is 0.898. The van der Waals surface area contributed by atoms with Crippen LogP contribution in [0.4, 0.5) is 0 Å². The highest BCUT2D eigenvalue weighted by Crippen LogP contribution is 2.38. The molecule has 2 N–H and O–H groups in total. The van der Waals surface area contributed by atoms with Gasteiger partial charge >= 0.3 is 0 Å². The van der Waals surface area contributed by atoms with Gasteiger partial charge in [0.1, 0.15) is 0 Å². The van der Waals surface area contributed by atoms with Crippen molar-refractivity contribution in [2.24, 2.45) is 5.73 Å². The van der Waals surface area contributed by atoms with E-state index in [2.05, 4.69) is 29.2 Å². The fourth-order valence-electron chi connectivity index (χ4n) is 2.96. The molecule has 2 fully saturated rings. The van der Waals surface area contributed by atoms with Gasteiger partial charge in [-0.3, -0.25) is 4.90 Å². The molecule has 0 aromatic heterocycles. The Labute approximate surface area is 115 Å². The lowest BCUT2D eigenvalue weighted by Gasteiger charge is -2.38. The zero-order valence-corrected chi connectivity index (χ0v) is 11.6. The fourth-order valence-corrected chi connectivity index (χ4v) is 2.96. The van der Waals surface area contributed by atoms with Crippen LogP contribution < -0.4 is 5.73 Å². The molecule has 3 rings (SSSR count). The summed E-state index contributed by atoms with van der Waals surface area (Å²) in [6.07, 6.45) is 4.67. The zero-order valence-electron chi connectivity index (χ0n) is 11.6. The minimum Gasteiger partial charge on any atom is -0.379 e. The van der Waals surface area contributed by atoms with Gasteiger partial charge in [0.05, 0.1) is 13.2 Å². The van der Waals surface area contributed by atoms with Gasteiger partial charge in [0, 0.05) is 25.2 Å². The van der Waals surface area contributed by atoms with Crippen molar-refractivity contribution in [1.82, 2.24) is 4.90 Å². The number of nitrogens with zero attached hydrogens (tertiary/aromatic N) is 1. The average Bonchev–Trinajstić information content (AvgIpc) is 2.44. The molecule has 1 aromatic rings. The maximum Gasteiger partial charge on any atom is 0.0594 e. The van der Waals surface area contributed by atoms with Crippen LogP contribution in [0.1, 0.15) is 30.4 Å². The highest BCUT2D eigenvalue weighted by atomic mass is 16.5. The van der Waals surface area contributed by atoms with Gasteiger partial charge in [-0.05, 0) is 36.8 Å². The summed E-state index contributed by atoms with van der Waals surface area (Å²) < 4.78 is 5.37. The van der Waals surface area contributed by atoms with E-state index in [1.165, 1.54) is 17.5 Å². The Morgan fingerprint density at radius 2 is 1.79 bits per heavy atom. The highest BCUT2D eigenvalue weighted by molar-refractivity contribution is 5.30. The molecule has 3 heteroatoms. The maximum atomic E-state index is 6.34. The fraction of sp³-hybridized carbons (Fsp3) is 0.625. The molecule has 0 spiro atoms. The number of morpholine rings is 1. The third-order valence-electron chi connectivity index (χ3n) is 4.60. The number of benzene rings is 1. The average molecular weight is 260 g/mol. The second-order valence-electron chi connectivity index (χ2n) is 5.91. The van der Waals surface area contributed by atoms with Crippen molar-refractivity contribution < 1.29 is 4.74 Å². The summed E-state index contributed by atoms with van der Waals surface area (Å²) in [5, 5.41) is 0. The molecule has 1 aliphatic heterocycles. The topological polar surface area (TPSA) is 38.5 Å². The maximum absolute atomic E-state index is 6.34. The minimum atomic E-state index is -0.0251. The van der Waals surface area contributed by atoms with Crippen molar-refractivity contribution in [2.75, 3.05) is 32.8 Å². The van der Waals surface area contributed by atoms with Crippen molar-refractivity contribution in [1.29, 1.82) is 0 Å². The van der Waals surface area contributed by atoms with E-state index < -0.39 is 0 Å². The van der Waals surface area contributed by atoms with Gasteiger partial charge in [-0.1, -0.05) is 24.3 Å². The molecule has 19 heavy (non-hydrogen) atoms. The highest BCUT2D eigenvalue weighted by Gasteiger charge is 2.33. The minimum absolute atomic E-state index is 0.0251. The Bertz CT molecular complexity index is 405. The summed E-state index contributed by atoms with van der Waals surface area (Å²) in [6.45, 7) is 5.05. The summed E-state index contributed by atoms with van der Waals surface area (Å²) in [5.74, 6) is 0. The molecular formula is C16H24N2O. The first-order valence-corrected chi connectivity index (χ1v) is 7.45. The van der Waals surface area contributed by atoms with E-state index in [4.69, 9.17) is 10.5 Å². The summed E-state index contributed by atoms with van der Waals surface area (Å²) in [6, 6.07) is 8.97. The van der Waals surface area contributed by atoms with E-state index in [-0.39, 0.29) is 5.54 Å². The molecule has 1 aliphatic carbocycles. The smallest absolute Gasteiger partial charge is 0.0594 e. The van der Waals surface area contributed by atoms with E-state index in [9.17, 15) is 0 Å². The van der Waals surface area contributed by atoms with Crippen LogP contribution in [0, 0.1) is 0 Å². The molecule has 3 nitrogen and oxygen atoms in total. The Morgan fingerprint density at radius 1 is 1.11 bits per heavy atom. The van der Waals surface area contributed by atoms with E-state index in [1.807, 2.05) is 0 Å². The van der Waals surface area contributed by atoms with E-state index in [1.54, 1.807) is 0 Å². The molecular weight excluding hydrogens is 236 g/mol. The predicted molar refractivity (Wildman–Crippen MR) is 77.1 cm³/mol. The van der Waals surface area contributed by atoms with Crippen LogP contribution in [0.3, 0.4) is 0 Å². The van der Waals surface area contributed by atoms with E-state index in [0.717, 1.165) is 52.1 Å². The lowest BCUT2D eigenvalue weighted by molar-refractivity contribution is 0.0384. The van der Waals surface area contributed by atoms with Crippen LogP contribution in [0.25, 0.3) is 0 Å². The predicted octanol–water partition coefficient (Wildman–Crippen LogP) is 1.90. The lowest BCUT2D eigenvalue weighted by atomic mass is 9.72. The van der Waals surface area contributed by atoms with E-state index in [0.29, 0.717) is 0 Å². The first kappa shape index (κ1) is 13.1. The van der Waals surface area contributed by atoms with Gasteiger partial charge < -0.3 is 10.5 Å². The lowest BCUT2D eigenvalue weighted by Crippen LogP contribution is -2.43. The number of nitrogens with two attached hydrogens (primary N) is 1. The third kappa shape index (κ3) is 2.99. The number of hydrogen-bond donors (Lipinski definition) is 1. The van der Waals surface area contributed by atoms with Gasteiger partial charge in [-0.2, -0.15) is 0 Å². The number of hydrogen-bond acceptors (Lipinski definition) is 3. The Hall–Kier alpha value is -0.900. The summed E-state index contributed by atoms with van der Waals surface area (Å²) in [7, 11) is 0. The van der Waals surface area contributed by atoms with Crippen LogP contribution in [0.5, 0.6) is 0 Å². The molecule has 1 aromatic carbocycles. The molecule has 0 radical (unpaired) electrons. The summed E-state index contributed by atoms with van der Waals surface area (Å²) >= 11 is 0. The molecule has 0 amide bonds. The van der Waals surface area contributed by atoms with Gasteiger partial charge in [0.15, 0.2) is 0 Å². The summed E-state index contributed by atoms with van der Waals surface area (Å²) in [4.78, 5) is 2.48. The van der Waals surface area contributed by atoms with Gasteiger partial charge in [-0.25, -0.2) is 0 Å². The van der Waals surface area contributed by atoms with Crippen LogP contribution >= 0.6 is 0 Å². The van der Waals surface area contributed by atoms with Crippen LogP contribution in [-0.2, 0) is 16.7 Å².